The summed E-state index contributed by atoms with van der Waals surface area (Å²) in [5, 5.41) is 0. The minimum Gasteiger partial charge on any atom is -0.287 e. The number of pyridine rings is 1. The number of halogens is 1. The molecule has 0 spiro atoms. The van der Waals surface area contributed by atoms with Crippen molar-refractivity contribution in [2.24, 2.45) is 0 Å². The molecule has 2 nitrogen and oxygen atoms in total. The summed E-state index contributed by atoms with van der Waals surface area (Å²) in [5.41, 5.74) is 5.92. The van der Waals surface area contributed by atoms with Crippen LogP contribution in [0.25, 0.3) is 11.1 Å². The first-order valence-electron chi connectivity index (χ1n) is 7.60. The van der Waals surface area contributed by atoms with E-state index in [2.05, 4.69) is 52.3 Å². The Labute approximate surface area is 143 Å². The standard InChI is InChI=1S/C20H15BrNO/c21-17-5-3-9-22(12-17)13-20(23)15-7-8-19-16(11-15)10-14-4-1-2-6-18(14)19/h1-9,11-12H,10,13H2/q+1. The van der Waals surface area contributed by atoms with Crippen molar-refractivity contribution in [3.05, 3.63) is 88.2 Å². The number of benzene rings is 2. The van der Waals surface area contributed by atoms with Crippen LogP contribution in [0.1, 0.15) is 21.5 Å². The van der Waals surface area contributed by atoms with Crippen molar-refractivity contribution in [2.75, 3.05) is 0 Å². The number of carbonyl (C=O) groups is 1. The Kier molecular flexibility index (Phi) is 3.58. The summed E-state index contributed by atoms with van der Waals surface area (Å²) >= 11 is 3.43. The molecule has 0 saturated heterocycles. The molecule has 1 heterocycles. The first kappa shape index (κ1) is 14.3. The van der Waals surface area contributed by atoms with Gasteiger partial charge < -0.3 is 0 Å². The van der Waals surface area contributed by atoms with Gasteiger partial charge in [-0.3, -0.25) is 4.79 Å². The minimum atomic E-state index is 0.131. The van der Waals surface area contributed by atoms with Crippen LogP contribution < -0.4 is 4.57 Å². The molecule has 0 amide bonds. The molecule has 0 bridgehead atoms. The summed E-state index contributed by atoms with van der Waals surface area (Å²) < 4.78 is 2.87. The predicted octanol–water partition coefficient (Wildman–Crippen LogP) is 4.19. The Hall–Kier alpha value is -2.26. The van der Waals surface area contributed by atoms with E-state index in [1.165, 1.54) is 22.3 Å². The molecule has 1 aliphatic rings. The average molecular weight is 365 g/mol. The summed E-state index contributed by atoms with van der Waals surface area (Å²) in [7, 11) is 0. The van der Waals surface area contributed by atoms with Crippen LogP contribution in [0.3, 0.4) is 0 Å². The van der Waals surface area contributed by atoms with Crippen molar-refractivity contribution in [2.45, 2.75) is 13.0 Å². The second-order valence-electron chi connectivity index (χ2n) is 5.82. The summed E-state index contributed by atoms with van der Waals surface area (Å²) in [6, 6.07) is 18.4. The van der Waals surface area contributed by atoms with Gasteiger partial charge in [0.25, 0.3) is 0 Å². The third kappa shape index (κ3) is 2.73. The van der Waals surface area contributed by atoms with Gasteiger partial charge in [-0.05, 0) is 56.7 Å². The van der Waals surface area contributed by atoms with Crippen LogP contribution in [0.4, 0.5) is 0 Å². The zero-order valence-corrected chi connectivity index (χ0v) is 14.1. The van der Waals surface area contributed by atoms with Crippen LogP contribution >= 0.6 is 15.9 Å². The molecular formula is C20H15BrNO+. The van der Waals surface area contributed by atoms with Gasteiger partial charge in [-0.2, -0.15) is 4.57 Å². The lowest BCUT2D eigenvalue weighted by Gasteiger charge is -2.04. The van der Waals surface area contributed by atoms with Gasteiger partial charge >= 0.3 is 0 Å². The number of rotatable bonds is 3. The van der Waals surface area contributed by atoms with Gasteiger partial charge in [-0.15, -0.1) is 0 Å². The van der Waals surface area contributed by atoms with E-state index in [4.69, 9.17) is 0 Å². The van der Waals surface area contributed by atoms with Crippen molar-refractivity contribution >= 4 is 21.7 Å². The van der Waals surface area contributed by atoms with E-state index < -0.39 is 0 Å². The van der Waals surface area contributed by atoms with Crippen LogP contribution in [0.2, 0.25) is 0 Å². The molecule has 0 aliphatic heterocycles. The third-order valence-corrected chi connectivity index (χ3v) is 4.73. The van der Waals surface area contributed by atoms with Gasteiger partial charge in [0, 0.05) is 11.6 Å². The molecule has 0 atom stereocenters. The number of hydrogen-bond donors (Lipinski definition) is 0. The second kappa shape index (κ2) is 5.74. The number of aromatic nitrogens is 1. The lowest BCUT2D eigenvalue weighted by atomic mass is 10.0. The molecule has 0 radical (unpaired) electrons. The number of carbonyl (C=O) groups excluding carboxylic acids is 1. The zero-order valence-electron chi connectivity index (χ0n) is 12.5. The normalized spacial score (nSPS) is 11.9. The molecule has 23 heavy (non-hydrogen) atoms. The molecule has 1 aromatic heterocycles. The molecular weight excluding hydrogens is 350 g/mol. The molecule has 112 valence electrons. The van der Waals surface area contributed by atoms with E-state index in [-0.39, 0.29) is 5.78 Å². The van der Waals surface area contributed by atoms with Crippen LogP contribution in [-0.4, -0.2) is 5.78 Å². The molecule has 0 unspecified atom stereocenters. The topological polar surface area (TPSA) is 20.9 Å². The highest BCUT2D eigenvalue weighted by Gasteiger charge is 2.20. The van der Waals surface area contributed by atoms with Gasteiger partial charge in [-0.25, -0.2) is 0 Å². The monoisotopic (exact) mass is 364 g/mol. The van der Waals surface area contributed by atoms with Crippen molar-refractivity contribution in [3.8, 4) is 11.1 Å². The molecule has 3 heteroatoms. The summed E-state index contributed by atoms with van der Waals surface area (Å²) in [4.78, 5) is 12.6. The first-order valence-corrected chi connectivity index (χ1v) is 8.39. The van der Waals surface area contributed by atoms with Gasteiger partial charge in [0.05, 0.1) is 4.47 Å². The van der Waals surface area contributed by atoms with Crippen molar-refractivity contribution in [1.82, 2.24) is 0 Å². The quantitative estimate of drug-likeness (QED) is 0.394. The largest absolute Gasteiger partial charge is 0.287 e. The Bertz CT molecular complexity index is 917. The van der Waals surface area contributed by atoms with Gasteiger partial charge in [0.15, 0.2) is 12.4 Å². The SMILES string of the molecule is O=C(C[n+]1cccc(Br)c1)c1ccc2c(c1)Cc1ccccc1-2. The zero-order chi connectivity index (χ0) is 15.8. The van der Waals surface area contributed by atoms with E-state index >= 15 is 0 Å². The summed E-state index contributed by atoms with van der Waals surface area (Å²) in [5.74, 6) is 0.131. The van der Waals surface area contributed by atoms with Crippen molar-refractivity contribution < 1.29 is 9.36 Å². The Morgan fingerprint density at radius 2 is 1.83 bits per heavy atom. The maximum Gasteiger partial charge on any atom is 0.227 e. The fraction of sp³-hybridized carbons (Fsp3) is 0.100. The van der Waals surface area contributed by atoms with Gasteiger partial charge in [0.2, 0.25) is 12.3 Å². The molecule has 0 saturated carbocycles. The van der Waals surface area contributed by atoms with E-state index in [9.17, 15) is 4.79 Å². The number of nitrogens with zero attached hydrogens (tertiary/aromatic N) is 1. The van der Waals surface area contributed by atoms with E-state index in [0.717, 1.165) is 16.5 Å². The fourth-order valence-corrected chi connectivity index (χ4v) is 3.58. The highest BCUT2D eigenvalue weighted by molar-refractivity contribution is 9.10. The molecule has 0 N–H and O–H groups in total. The van der Waals surface area contributed by atoms with E-state index in [1.807, 2.05) is 35.2 Å². The van der Waals surface area contributed by atoms with Crippen LogP contribution in [0, 0.1) is 0 Å². The highest BCUT2D eigenvalue weighted by Crippen LogP contribution is 2.36. The number of hydrogen-bond acceptors (Lipinski definition) is 1. The van der Waals surface area contributed by atoms with E-state index in [1.54, 1.807) is 0 Å². The van der Waals surface area contributed by atoms with Gasteiger partial charge in [0.1, 0.15) is 0 Å². The second-order valence-corrected chi connectivity index (χ2v) is 6.74. The Morgan fingerprint density at radius 3 is 2.70 bits per heavy atom. The van der Waals surface area contributed by atoms with Crippen molar-refractivity contribution in [1.29, 1.82) is 0 Å². The van der Waals surface area contributed by atoms with E-state index in [0.29, 0.717) is 6.54 Å². The summed E-state index contributed by atoms with van der Waals surface area (Å²) in [6.07, 6.45) is 4.74. The average Bonchev–Trinajstić information content (AvgIpc) is 2.92. The number of Topliss-reactive ketones (excluding diaryl/α,β-unsaturated/α-hetero) is 1. The smallest absolute Gasteiger partial charge is 0.227 e. The summed E-state index contributed by atoms with van der Waals surface area (Å²) in [6.45, 7) is 0.352. The van der Waals surface area contributed by atoms with Crippen LogP contribution in [0.5, 0.6) is 0 Å². The molecule has 3 aromatic rings. The third-order valence-electron chi connectivity index (χ3n) is 4.26. The number of ketones is 1. The maximum absolute atomic E-state index is 12.6. The Morgan fingerprint density at radius 1 is 1.00 bits per heavy atom. The van der Waals surface area contributed by atoms with Crippen molar-refractivity contribution in [3.63, 3.8) is 0 Å². The predicted molar refractivity (Wildman–Crippen MR) is 93.4 cm³/mol. The Balaban J connectivity index is 1.62. The molecule has 4 rings (SSSR count). The lowest BCUT2D eigenvalue weighted by molar-refractivity contribution is -0.683. The first-order chi connectivity index (χ1) is 11.2. The minimum absolute atomic E-state index is 0.131. The maximum atomic E-state index is 12.6. The fourth-order valence-electron chi connectivity index (χ4n) is 3.16. The van der Waals surface area contributed by atoms with Gasteiger partial charge in [-0.1, -0.05) is 36.4 Å². The highest BCUT2D eigenvalue weighted by atomic mass is 79.9. The lowest BCUT2D eigenvalue weighted by Crippen LogP contribution is -2.37. The molecule has 2 aromatic carbocycles. The number of fused-ring (bicyclic) bond motifs is 3. The molecule has 0 fully saturated rings. The van der Waals surface area contributed by atoms with Crippen LogP contribution in [0.15, 0.2) is 71.5 Å². The molecule has 1 aliphatic carbocycles. The van der Waals surface area contributed by atoms with Crippen LogP contribution in [-0.2, 0) is 13.0 Å².